The lowest BCUT2D eigenvalue weighted by Crippen LogP contribution is -2.48. The number of carboxylic acids is 1. The van der Waals surface area contributed by atoms with Gasteiger partial charge in [0.25, 0.3) is 5.91 Å². The van der Waals surface area contributed by atoms with Gasteiger partial charge in [0.05, 0.1) is 12.2 Å². The molecule has 5 rings (SSSR count). The maximum absolute atomic E-state index is 15.1. The highest BCUT2D eigenvalue weighted by atomic mass is 19.4. The van der Waals surface area contributed by atoms with Gasteiger partial charge in [0.1, 0.15) is 17.3 Å². The molecule has 0 spiro atoms. The summed E-state index contributed by atoms with van der Waals surface area (Å²) in [6, 6.07) is 8.11. The fourth-order valence-corrected chi connectivity index (χ4v) is 5.34. The van der Waals surface area contributed by atoms with Crippen LogP contribution in [0.1, 0.15) is 55.1 Å². The molecule has 1 fully saturated rings. The molecule has 49 heavy (non-hydrogen) atoms. The van der Waals surface area contributed by atoms with Crippen molar-refractivity contribution in [1.82, 2.24) is 25.5 Å². The number of hydrogen-bond donors (Lipinski definition) is 3. The zero-order valence-corrected chi connectivity index (χ0v) is 27.5. The van der Waals surface area contributed by atoms with E-state index in [4.69, 9.17) is 19.9 Å². The Kier molecular flexibility index (Phi) is 11.7. The van der Waals surface area contributed by atoms with E-state index in [0.29, 0.717) is 41.4 Å². The van der Waals surface area contributed by atoms with Crippen molar-refractivity contribution in [2.75, 3.05) is 42.5 Å². The Morgan fingerprint density at radius 2 is 1.67 bits per heavy atom. The third-order valence-electron chi connectivity index (χ3n) is 7.87. The predicted octanol–water partition coefficient (Wildman–Crippen LogP) is 5.79. The van der Waals surface area contributed by atoms with Gasteiger partial charge < -0.3 is 20.6 Å². The van der Waals surface area contributed by atoms with Gasteiger partial charge in [-0.05, 0) is 63.6 Å². The van der Waals surface area contributed by atoms with Crippen molar-refractivity contribution in [3.63, 3.8) is 0 Å². The number of carbonyl (C=O) groups excluding carboxylic acids is 2. The van der Waals surface area contributed by atoms with Crippen molar-refractivity contribution in [3.05, 3.63) is 64.7 Å². The number of nitrogens with zero attached hydrogens (tertiary/aromatic N) is 5. The van der Waals surface area contributed by atoms with Crippen LogP contribution >= 0.6 is 0 Å². The Morgan fingerprint density at radius 1 is 1.04 bits per heavy atom. The van der Waals surface area contributed by atoms with Gasteiger partial charge in [-0.3, -0.25) is 9.69 Å². The molecule has 0 unspecified atom stereocenters. The fraction of sp³-hybridized carbons (Fsp3) is 0.424. The second-order valence-electron chi connectivity index (χ2n) is 11.9. The summed E-state index contributed by atoms with van der Waals surface area (Å²) in [4.78, 5) is 50.2. The first-order valence-corrected chi connectivity index (χ1v) is 15.7. The van der Waals surface area contributed by atoms with E-state index in [9.17, 15) is 22.8 Å². The maximum Gasteiger partial charge on any atom is 0.490 e. The average molecular weight is 692 g/mol. The summed E-state index contributed by atoms with van der Waals surface area (Å²) in [5, 5.41) is 12.8. The van der Waals surface area contributed by atoms with E-state index in [0.717, 1.165) is 55.1 Å². The molecule has 3 aromatic rings. The third kappa shape index (κ3) is 8.79. The number of aliphatic carboxylic acids is 1. The molecule has 3 N–H and O–H groups in total. The van der Waals surface area contributed by atoms with Gasteiger partial charge in [0, 0.05) is 48.9 Å². The lowest BCUT2D eigenvalue weighted by molar-refractivity contribution is -0.192. The number of aromatic nitrogens is 2. The van der Waals surface area contributed by atoms with Crippen LogP contribution in [0.5, 0.6) is 0 Å². The minimum Gasteiger partial charge on any atom is -0.475 e. The SMILES string of the molecule is CCCCN1CCN(c2nc(-c3cc(C(=O)NC(C)C)ccc3C)c3c(n2)N(c2c(F)cccc2F)C(=O)NC3)CC1.O=C(O)C(F)(F)F. The molecule has 1 saturated heterocycles. The number of hydrogen-bond acceptors (Lipinski definition) is 7. The van der Waals surface area contributed by atoms with Gasteiger partial charge in [-0.15, -0.1) is 0 Å². The Bertz CT molecular complexity index is 1670. The summed E-state index contributed by atoms with van der Waals surface area (Å²) in [6.45, 7) is 11.9. The quantitative estimate of drug-likeness (QED) is 0.254. The number of halogens is 5. The first-order valence-electron chi connectivity index (χ1n) is 15.7. The molecule has 3 heterocycles. The molecule has 11 nitrogen and oxygen atoms in total. The standard InChI is InChI=1S/C31H37F2N7O2.C2HF3O2/c1-5-6-12-38-13-15-39(16-14-38)30-36-26(22-17-21(11-10-20(22)4)29(41)35-19(2)3)23-18-34-31(42)40(28(23)37-30)27-24(32)8-7-9-25(27)33;3-2(4,5)1(6)7/h7-11,17,19H,5-6,12-16,18H2,1-4H3,(H,34,42)(H,35,41);(H,6,7). The van der Waals surface area contributed by atoms with E-state index < -0.39 is 35.5 Å². The second kappa shape index (κ2) is 15.6. The lowest BCUT2D eigenvalue weighted by atomic mass is 9.97. The Labute approximate surface area is 280 Å². The van der Waals surface area contributed by atoms with Gasteiger partial charge in [0.15, 0.2) is 5.82 Å². The van der Waals surface area contributed by atoms with Gasteiger partial charge in [0.2, 0.25) is 5.95 Å². The molecule has 0 aliphatic carbocycles. The van der Waals surface area contributed by atoms with Gasteiger partial charge >= 0.3 is 18.2 Å². The summed E-state index contributed by atoms with van der Waals surface area (Å²) in [6.07, 6.45) is -2.84. The number of nitrogens with one attached hydrogen (secondary N) is 2. The first kappa shape index (κ1) is 37.0. The molecule has 16 heteroatoms. The number of benzene rings is 2. The van der Waals surface area contributed by atoms with Crippen LogP contribution in [-0.4, -0.2) is 82.8 Å². The zero-order chi connectivity index (χ0) is 36.0. The van der Waals surface area contributed by atoms with Crippen molar-refractivity contribution < 1.29 is 41.4 Å². The number of aryl methyl sites for hydroxylation is 1. The average Bonchev–Trinajstić information content (AvgIpc) is 3.04. The molecular weight excluding hydrogens is 653 g/mol. The van der Waals surface area contributed by atoms with Crippen molar-refractivity contribution in [1.29, 1.82) is 0 Å². The summed E-state index contributed by atoms with van der Waals surface area (Å²) >= 11 is 0. The number of anilines is 3. The molecule has 0 radical (unpaired) electrons. The Hall–Kier alpha value is -4.86. The zero-order valence-electron chi connectivity index (χ0n) is 27.5. The smallest absolute Gasteiger partial charge is 0.475 e. The first-order chi connectivity index (χ1) is 23.1. The molecule has 0 bridgehead atoms. The van der Waals surface area contributed by atoms with E-state index in [1.54, 1.807) is 12.1 Å². The highest BCUT2D eigenvalue weighted by Crippen LogP contribution is 2.40. The van der Waals surface area contributed by atoms with Gasteiger partial charge in [-0.25, -0.2) is 28.3 Å². The number of unbranched alkanes of at least 4 members (excludes halogenated alkanes) is 1. The number of alkyl halides is 3. The van der Waals surface area contributed by atoms with Crippen molar-refractivity contribution in [2.45, 2.75) is 59.3 Å². The van der Waals surface area contributed by atoms with Gasteiger partial charge in [-0.2, -0.15) is 18.2 Å². The van der Waals surface area contributed by atoms with Crippen LogP contribution in [0.4, 0.5) is 44.2 Å². The summed E-state index contributed by atoms with van der Waals surface area (Å²) in [7, 11) is 0. The van der Waals surface area contributed by atoms with Crippen molar-refractivity contribution >= 4 is 35.4 Å². The normalized spacial score (nSPS) is 14.9. The minimum atomic E-state index is -5.08. The van der Waals surface area contributed by atoms with E-state index in [-0.39, 0.29) is 24.3 Å². The van der Waals surface area contributed by atoms with Crippen LogP contribution in [0.3, 0.4) is 0 Å². The van der Waals surface area contributed by atoms with E-state index in [1.165, 1.54) is 6.07 Å². The molecule has 1 aromatic heterocycles. The Balaban J connectivity index is 0.000000698. The number of carbonyl (C=O) groups is 3. The molecular formula is C33H38F5N7O4. The predicted molar refractivity (Wildman–Crippen MR) is 173 cm³/mol. The summed E-state index contributed by atoms with van der Waals surface area (Å²) in [5.74, 6) is -4.26. The molecule has 0 saturated carbocycles. The highest BCUT2D eigenvalue weighted by Gasteiger charge is 2.38. The molecule has 0 atom stereocenters. The molecule has 2 aliphatic rings. The van der Waals surface area contributed by atoms with Gasteiger partial charge in [-0.1, -0.05) is 25.5 Å². The maximum atomic E-state index is 15.1. The van der Waals surface area contributed by atoms with Crippen LogP contribution in [0.15, 0.2) is 36.4 Å². The lowest BCUT2D eigenvalue weighted by Gasteiger charge is -2.36. The number of fused-ring (bicyclic) bond motifs is 1. The third-order valence-corrected chi connectivity index (χ3v) is 7.87. The minimum absolute atomic E-state index is 0.0453. The molecule has 2 aromatic carbocycles. The number of piperazine rings is 1. The second-order valence-corrected chi connectivity index (χ2v) is 11.9. The summed E-state index contributed by atoms with van der Waals surface area (Å²) < 4.78 is 61.9. The number of rotatable bonds is 8. The molecule has 3 amide bonds. The Morgan fingerprint density at radius 3 is 2.24 bits per heavy atom. The number of carboxylic acid groups (broad SMARTS) is 1. The van der Waals surface area contributed by atoms with Crippen molar-refractivity contribution in [3.8, 4) is 11.3 Å². The largest absolute Gasteiger partial charge is 0.490 e. The number of para-hydroxylation sites is 1. The number of amides is 3. The fourth-order valence-electron chi connectivity index (χ4n) is 5.34. The molecule has 2 aliphatic heterocycles. The monoisotopic (exact) mass is 691 g/mol. The van der Waals surface area contributed by atoms with E-state index >= 15 is 8.78 Å². The van der Waals surface area contributed by atoms with E-state index in [1.807, 2.05) is 31.7 Å². The van der Waals surface area contributed by atoms with Crippen LogP contribution in [0.2, 0.25) is 0 Å². The van der Waals surface area contributed by atoms with Crippen LogP contribution in [0, 0.1) is 18.6 Å². The number of urea groups is 1. The topological polar surface area (TPSA) is 131 Å². The van der Waals surface area contributed by atoms with E-state index in [2.05, 4.69) is 22.5 Å². The summed E-state index contributed by atoms with van der Waals surface area (Å²) in [5.41, 5.74) is 2.50. The highest BCUT2D eigenvalue weighted by molar-refractivity contribution is 6.02. The molecule has 264 valence electrons. The van der Waals surface area contributed by atoms with Crippen LogP contribution < -0.4 is 20.4 Å². The van der Waals surface area contributed by atoms with Crippen molar-refractivity contribution in [2.24, 2.45) is 0 Å². The van der Waals surface area contributed by atoms with Crippen LogP contribution in [0.25, 0.3) is 11.3 Å². The van der Waals surface area contributed by atoms with Crippen LogP contribution in [-0.2, 0) is 11.3 Å².